The minimum atomic E-state index is -1.89. The first kappa shape index (κ1) is 18.5. The second-order valence-corrected chi connectivity index (χ2v) is 7.66. The van der Waals surface area contributed by atoms with Gasteiger partial charge in [-0.25, -0.2) is 0 Å². The van der Waals surface area contributed by atoms with Crippen LogP contribution in [-0.4, -0.2) is 23.7 Å². The lowest BCUT2D eigenvalue weighted by atomic mass is 9.77. The third-order valence-electron chi connectivity index (χ3n) is 3.61. The molecule has 0 saturated carbocycles. The average Bonchev–Trinajstić information content (AvgIpc) is 2.43. The van der Waals surface area contributed by atoms with Gasteiger partial charge in [0.2, 0.25) is 5.72 Å². The second kappa shape index (κ2) is 5.94. The molecule has 0 aliphatic carbocycles. The summed E-state index contributed by atoms with van der Waals surface area (Å²) >= 11 is 0. The van der Waals surface area contributed by atoms with E-state index < -0.39 is 16.6 Å². The zero-order valence-corrected chi connectivity index (χ0v) is 14.6. The minimum absolute atomic E-state index is 0.113. The molecule has 0 spiro atoms. The highest BCUT2D eigenvalue weighted by atomic mass is 16.3. The molecule has 4 nitrogen and oxygen atoms in total. The maximum Gasteiger partial charge on any atom is 0.203 e. The molecule has 1 aromatic carbocycles. The molecule has 1 aromatic rings. The van der Waals surface area contributed by atoms with Crippen LogP contribution in [0.5, 0.6) is 0 Å². The summed E-state index contributed by atoms with van der Waals surface area (Å²) in [4.78, 5) is 25.4. The molecule has 0 fully saturated rings. The lowest BCUT2D eigenvalue weighted by Crippen LogP contribution is -2.53. The predicted octanol–water partition coefficient (Wildman–Crippen LogP) is 2.90. The lowest BCUT2D eigenvalue weighted by molar-refractivity contribution is -0.150. The Morgan fingerprint density at radius 1 is 0.955 bits per heavy atom. The van der Waals surface area contributed by atoms with Crippen molar-refractivity contribution in [3.63, 3.8) is 0 Å². The first-order valence-electron chi connectivity index (χ1n) is 7.46. The van der Waals surface area contributed by atoms with Crippen molar-refractivity contribution < 1.29 is 14.7 Å². The Kier molecular flexibility index (Phi) is 5.00. The van der Waals surface area contributed by atoms with Gasteiger partial charge in [-0.1, -0.05) is 65.8 Å². The molecule has 1 rings (SSSR count). The van der Waals surface area contributed by atoms with Gasteiger partial charge in [0, 0.05) is 22.0 Å². The number of hydrogen-bond donors (Lipinski definition) is 2. The molecule has 0 bridgehead atoms. The van der Waals surface area contributed by atoms with Crippen LogP contribution in [0.4, 0.5) is 0 Å². The molecule has 1 atom stereocenters. The van der Waals surface area contributed by atoms with Gasteiger partial charge in [0.05, 0.1) is 0 Å². The van der Waals surface area contributed by atoms with Crippen molar-refractivity contribution in [2.24, 2.45) is 10.8 Å². The summed E-state index contributed by atoms with van der Waals surface area (Å²) in [6.45, 7) is 10.7. The van der Waals surface area contributed by atoms with Crippen LogP contribution in [-0.2, 0) is 10.5 Å². The number of benzene rings is 1. The zero-order chi connectivity index (χ0) is 17.3. The van der Waals surface area contributed by atoms with Crippen LogP contribution in [0.3, 0.4) is 0 Å². The standard InChI is InChI=1S/C18H27NO3/c1-16(2,3)14(20)12-10-8-9-11-13(12)18(22,19-7)15(21)17(4,5)6/h8-11,19,22H,1-7H3. The number of carbonyl (C=O) groups excluding carboxylic acids is 2. The molecule has 0 aliphatic rings. The van der Waals surface area contributed by atoms with E-state index >= 15 is 0 Å². The molecule has 4 heteroatoms. The number of ketones is 2. The molecule has 0 heterocycles. The number of nitrogens with one attached hydrogen (secondary N) is 1. The summed E-state index contributed by atoms with van der Waals surface area (Å²) in [5.74, 6) is -0.491. The van der Waals surface area contributed by atoms with Gasteiger partial charge in [-0.05, 0) is 7.05 Å². The van der Waals surface area contributed by atoms with Crippen molar-refractivity contribution in [2.45, 2.75) is 47.3 Å². The van der Waals surface area contributed by atoms with Gasteiger partial charge in [0.1, 0.15) is 0 Å². The molecule has 0 aromatic heterocycles. The maximum atomic E-state index is 12.7. The van der Waals surface area contributed by atoms with E-state index in [0.717, 1.165) is 0 Å². The molecular weight excluding hydrogens is 278 g/mol. The first-order valence-corrected chi connectivity index (χ1v) is 7.46. The summed E-state index contributed by atoms with van der Waals surface area (Å²) in [7, 11) is 1.52. The van der Waals surface area contributed by atoms with Gasteiger partial charge in [0.15, 0.2) is 11.6 Å². The van der Waals surface area contributed by atoms with Crippen molar-refractivity contribution in [3.8, 4) is 0 Å². The van der Waals surface area contributed by atoms with E-state index in [0.29, 0.717) is 11.1 Å². The Balaban J connectivity index is 3.55. The smallest absolute Gasteiger partial charge is 0.203 e. The SMILES string of the molecule is CNC(O)(C(=O)C(C)(C)C)c1ccccc1C(=O)C(C)(C)C. The van der Waals surface area contributed by atoms with Crippen molar-refractivity contribution >= 4 is 11.6 Å². The quantitative estimate of drug-likeness (QED) is 0.663. The van der Waals surface area contributed by atoms with E-state index in [-0.39, 0.29) is 11.6 Å². The first-order chi connectivity index (χ1) is 9.85. The third-order valence-corrected chi connectivity index (χ3v) is 3.61. The van der Waals surface area contributed by atoms with Gasteiger partial charge in [-0.2, -0.15) is 0 Å². The molecule has 1 unspecified atom stereocenters. The Morgan fingerprint density at radius 3 is 1.86 bits per heavy atom. The summed E-state index contributed by atoms with van der Waals surface area (Å²) in [6, 6.07) is 6.73. The second-order valence-electron chi connectivity index (χ2n) is 7.66. The van der Waals surface area contributed by atoms with Crippen LogP contribution in [0.1, 0.15) is 57.5 Å². The molecule has 0 radical (unpaired) electrons. The summed E-state index contributed by atoms with van der Waals surface area (Å²) < 4.78 is 0. The zero-order valence-electron chi connectivity index (χ0n) is 14.6. The van der Waals surface area contributed by atoms with Crippen LogP contribution in [0.2, 0.25) is 0 Å². The van der Waals surface area contributed by atoms with Gasteiger partial charge in [0.25, 0.3) is 0 Å². The Bertz CT molecular complexity index is 579. The highest BCUT2D eigenvalue weighted by Crippen LogP contribution is 2.33. The van der Waals surface area contributed by atoms with E-state index in [4.69, 9.17) is 0 Å². The number of aliphatic hydroxyl groups is 1. The maximum absolute atomic E-state index is 12.7. The van der Waals surface area contributed by atoms with E-state index in [9.17, 15) is 14.7 Å². The van der Waals surface area contributed by atoms with Crippen molar-refractivity contribution in [1.82, 2.24) is 5.32 Å². The van der Waals surface area contributed by atoms with Crippen LogP contribution in [0, 0.1) is 10.8 Å². The van der Waals surface area contributed by atoms with Gasteiger partial charge < -0.3 is 5.11 Å². The van der Waals surface area contributed by atoms with Crippen molar-refractivity contribution in [1.29, 1.82) is 0 Å². The molecular formula is C18H27NO3. The summed E-state index contributed by atoms with van der Waals surface area (Å²) in [6.07, 6.45) is 0. The van der Waals surface area contributed by atoms with Crippen LogP contribution in [0.15, 0.2) is 24.3 Å². The fraction of sp³-hybridized carbons (Fsp3) is 0.556. The Morgan fingerprint density at radius 2 is 1.45 bits per heavy atom. The van der Waals surface area contributed by atoms with E-state index in [2.05, 4.69) is 5.32 Å². The fourth-order valence-electron chi connectivity index (χ4n) is 2.31. The molecule has 0 aliphatic heterocycles. The van der Waals surface area contributed by atoms with E-state index in [1.807, 2.05) is 20.8 Å². The van der Waals surface area contributed by atoms with Crippen LogP contribution in [0.25, 0.3) is 0 Å². The number of rotatable bonds is 4. The highest BCUT2D eigenvalue weighted by Gasteiger charge is 2.45. The number of Topliss-reactive ketones (excluding diaryl/α,β-unsaturated/α-hetero) is 2. The lowest BCUT2D eigenvalue weighted by Gasteiger charge is -2.34. The molecule has 2 N–H and O–H groups in total. The summed E-state index contributed by atoms with van der Waals surface area (Å²) in [5, 5.41) is 13.7. The summed E-state index contributed by atoms with van der Waals surface area (Å²) in [5.41, 5.74) is -2.58. The van der Waals surface area contributed by atoms with Crippen molar-refractivity contribution in [2.75, 3.05) is 7.05 Å². The van der Waals surface area contributed by atoms with Gasteiger partial charge >= 0.3 is 0 Å². The van der Waals surface area contributed by atoms with Gasteiger partial charge in [-0.15, -0.1) is 0 Å². The Hall–Kier alpha value is -1.52. The average molecular weight is 305 g/mol. The topological polar surface area (TPSA) is 66.4 Å². The van der Waals surface area contributed by atoms with Gasteiger partial charge in [-0.3, -0.25) is 14.9 Å². The minimum Gasteiger partial charge on any atom is -0.365 e. The molecule has 0 saturated heterocycles. The highest BCUT2D eigenvalue weighted by molar-refractivity contribution is 6.03. The Labute approximate surface area is 132 Å². The van der Waals surface area contributed by atoms with E-state index in [1.54, 1.807) is 45.0 Å². The van der Waals surface area contributed by atoms with Crippen molar-refractivity contribution in [3.05, 3.63) is 35.4 Å². The molecule has 22 heavy (non-hydrogen) atoms. The molecule has 122 valence electrons. The van der Waals surface area contributed by atoms with Crippen LogP contribution >= 0.6 is 0 Å². The number of carbonyl (C=O) groups is 2. The van der Waals surface area contributed by atoms with Crippen LogP contribution < -0.4 is 5.32 Å². The number of likely N-dealkylation sites (N-methyl/N-ethyl adjacent to an activating group) is 1. The molecule has 0 amide bonds. The predicted molar refractivity (Wildman–Crippen MR) is 87.6 cm³/mol. The monoisotopic (exact) mass is 305 g/mol. The van der Waals surface area contributed by atoms with E-state index in [1.165, 1.54) is 7.05 Å². The normalized spacial score (nSPS) is 15.3. The number of hydrogen-bond acceptors (Lipinski definition) is 4. The fourth-order valence-corrected chi connectivity index (χ4v) is 2.31. The largest absolute Gasteiger partial charge is 0.365 e. The third kappa shape index (κ3) is 3.45.